The van der Waals surface area contributed by atoms with Crippen LogP contribution in [0.3, 0.4) is 0 Å². The molecule has 0 bridgehead atoms. The highest BCUT2D eigenvalue weighted by Crippen LogP contribution is 2.29. The standard InChI is InChI=1S/C24H20N2O2/c25-15-18-10-11-23-20(14-18)12-13-26(23)16-21(27)17-28-24-9-5-4-8-22(24)19-6-2-1-3-7-19/h1-14,21,27H,16-17H2. The molecule has 1 unspecified atom stereocenters. The Morgan fingerprint density at radius 3 is 2.57 bits per heavy atom. The Hall–Kier alpha value is -3.55. The third-order valence-corrected chi connectivity index (χ3v) is 4.71. The van der Waals surface area contributed by atoms with Crippen molar-refractivity contribution in [3.63, 3.8) is 0 Å². The van der Waals surface area contributed by atoms with E-state index in [0.717, 1.165) is 27.8 Å². The molecule has 3 aromatic carbocycles. The van der Waals surface area contributed by atoms with Crippen LogP contribution in [0.25, 0.3) is 22.0 Å². The molecule has 28 heavy (non-hydrogen) atoms. The molecule has 1 heterocycles. The lowest BCUT2D eigenvalue weighted by molar-refractivity contribution is 0.0938. The van der Waals surface area contributed by atoms with E-state index in [4.69, 9.17) is 10.00 Å². The second kappa shape index (κ2) is 7.99. The first-order chi connectivity index (χ1) is 13.7. The monoisotopic (exact) mass is 368 g/mol. The van der Waals surface area contributed by atoms with Crippen molar-refractivity contribution >= 4 is 10.9 Å². The largest absolute Gasteiger partial charge is 0.490 e. The van der Waals surface area contributed by atoms with Gasteiger partial charge in [0.25, 0.3) is 0 Å². The highest BCUT2D eigenvalue weighted by atomic mass is 16.5. The molecule has 0 saturated carbocycles. The minimum Gasteiger partial charge on any atom is -0.490 e. The lowest BCUT2D eigenvalue weighted by Gasteiger charge is -2.16. The maximum Gasteiger partial charge on any atom is 0.127 e. The fraction of sp³-hybridized carbons (Fsp3) is 0.125. The Morgan fingerprint density at radius 2 is 1.75 bits per heavy atom. The predicted octanol–water partition coefficient (Wildman–Crippen LogP) is 4.62. The van der Waals surface area contributed by atoms with Crippen LogP contribution in [0.4, 0.5) is 0 Å². The average molecular weight is 368 g/mol. The van der Waals surface area contributed by atoms with Gasteiger partial charge in [-0.3, -0.25) is 0 Å². The number of ether oxygens (including phenoxy) is 1. The van der Waals surface area contributed by atoms with Crippen LogP contribution in [0.2, 0.25) is 0 Å². The van der Waals surface area contributed by atoms with Crippen LogP contribution in [-0.2, 0) is 6.54 Å². The fourth-order valence-corrected chi connectivity index (χ4v) is 3.34. The highest BCUT2D eigenvalue weighted by molar-refractivity contribution is 5.81. The van der Waals surface area contributed by atoms with E-state index in [0.29, 0.717) is 12.1 Å². The SMILES string of the molecule is N#Cc1ccc2c(ccn2CC(O)COc2ccccc2-c2ccccc2)c1. The molecule has 1 atom stereocenters. The third kappa shape index (κ3) is 3.75. The van der Waals surface area contributed by atoms with Crippen molar-refractivity contribution in [2.45, 2.75) is 12.6 Å². The maximum absolute atomic E-state index is 10.5. The van der Waals surface area contributed by atoms with Crippen molar-refractivity contribution in [3.05, 3.63) is 90.6 Å². The second-order valence-corrected chi connectivity index (χ2v) is 6.68. The van der Waals surface area contributed by atoms with Crippen molar-refractivity contribution in [2.75, 3.05) is 6.61 Å². The van der Waals surface area contributed by atoms with Crippen LogP contribution in [0.15, 0.2) is 85.1 Å². The van der Waals surface area contributed by atoms with E-state index in [1.807, 2.05) is 83.6 Å². The molecule has 1 aromatic heterocycles. The summed E-state index contributed by atoms with van der Waals surface area (Å²) in [7, 11) is 0. The molecule has 0 radical (unpaired) electrons. The Morgan fingerprint density at radius 1 is 0.964 bits per heavy atom. The molecular weight excluding hydrogens is 348 g/mol. The first-order valence-corrected chi connectivity index (χ1v) is 9.19. The number of rotatable bonds is 6. The van der Waals surface area contributed by atoms with Crippen molar-refractivity contribution in [1.82, 2.24) is 4.57 Å². The average Bonchev–Trinajstić information content (AvgIpc) is 3.15. The zero-order valence-corrected chi connectivity index (χ0v) is 15.3. The molecule has 0 amide bonds. The van der Waals surface area contributed by atoms with Gasteiger partial charge in [0, 0.05) is 22.7 Å². The third-order valence-electron chi connectivity index (χ3n) is 4.71. The molecule has 0 spiro atoms. The van der Waals surface area contributed by atoms with Gasteiger partial charge in [0.15, 0.2) is 0 Å². The summed E-state index contributed by atoms with van der Waals surface area (Å²) in [5, 5.41) is 20.5. The van der Waals surface area contributed by atoms with Gasteiger partial charge in [-0.05, 0) is 35.9 Å². The molecule has 0 aliphatic carbocycles. The summed E-state index contributed by atoms with van der Waals surface area (Å²) < 4.78 is 7.92. The molecule has 0 aliphatic rings. The predicted molar refractivity (Wildman–Crippen MR) is 110 cm³/mol. The zero-order valence-electron chi connectivity index (χ0n) is 15.3. The number of hydrogen-bond donors (Lipinski definition) is 1. The van der Waals surface area contributed by atoms with Crippen LogP contribution in [0.5, 0.6) is 5.75 Å². The maximum atomic E-state index is 10.5. The fourth-order valence-electron chi connectivity index (χ4n) is 3.34. The molecule has 4 rings (SSSR count). The van der Waals surface area contributed by atoms with Crippen molar-refractivity contribution in [1.29, 1.82) is 5.26 Å². The molecular formula is C24H20N2O2. The van der Waals surface area contributed by atoms with Gasteiger partial charge in [0.05, 0.1) is 18.2 Å². The lowest BCUT2D eigenvalue weighted by atomic mass is 10.1. The van der Waals surface area contributed by atoms with E-state index in [1.54, 1.807) is 6.07 Å². The summed E-state index contributed by atoms with van der Waals surface area (Å²) in [6.07, 6.45) is 1.27. The zero-order chi connectivity index (χ0) is 19.3. The van der Waals surface area contributed by atoms with Crippen LogP contribution < -0.4 is 4.74 Å². The Balaban J connectivity index is 1.46. The minimum atomic E-state index is -0.657. The molecule has 0 aliphatic heterocycles. The van der Waals surface area contributed by atoms with Crippen LogP contribution in [-0.4, -0.2) is 22.4 Å². The van der Waals surface area contributed by atoms with E-state index in [-0.39, 0.29) is 6.61 Å². The summed E-state index contributed by atoms with van der Waals surface area (Å²) in [5.41, 5.74) is 3.71. The van der Waals surface area contributed by atoms with Crippen LogP contribution in [0.1, 0.15) is 5.56 Å². The topological polar surface area (TPSA) is 58.2 Å². The van der Waals surface area contributed by atoms with Gasteiger partial charge < -0.3 is 14.4 Å². The van der Waals surface area contributed by atoms with E-state index >= 15 is 0 Å². The normalized spacial score (nSPS) is 11.9. The number of aromatic nitrogens is 1. The second-order valence-electron chi connectivity index (χ2n) is 6.68. The van der Waals surface area contributed by atoms with Crippen molar-refractivity contribution in [2.24, 2.45) is 0 Å². The summed E-state index contributed by atoms with van der Waals surface area (Å²) in [4.78, 5) is 0. The van der Waals surface area contributed by atoms with Gasteiger partial charge in [0.2, 0.25) is 0 Å². The molecule has 4 nitrogen and oxygen atoms in total. The van der Waals surface area contributed by atoms with Gasteiger partial charge in [-0.1, -0.05) is 48.5 Å². The summed E-state index contributed by atoms with van der Waals surface area (Å²) in [6, 6.07) is 27.6. The van der Waals surface area contributed by atoms with Gasteiger partial charge in [0.1, 0.15) is 18.5 Å². The van der Waals surface area contributed by atoms with Crippen molar-refractivity contribution < 1.29 is 9.84 Å². The number of nitriles is 1. The van der Waals surface area contributed by atoms with E-state index in [9.17, 15) is 5.11 Å². The smallest absolute Gasteiger partial charge is 0.127 e. The summed E-state index contributed by atoms with van der Waals surface area (Å²) in [5.74, 6) is 0.753. The number of hydrogen-bond acceptors (Lipinski definition) is 3. The van der Waals surface area contributed by atoms with Crippen LogP contribution in [0, 0.1) is 11.3 Å². The first kappa shape index (κ1) is 17.8. The van der Waals surface area contributed by atoms with Gasteiger partial charge in [-0.25, -0.2) is 0 Å². The lowest BCUT2D eigenvalue weighted by Crippen LogP contribution is -2.23. The first-order valence-electron chi connectivity index (χ1n) is 9.19. The van der Waals surface area contributed by atoms with Gasteiger partial charge in [-0.15, -0.1) is 0 Å². The quantitative estimate of drug-likeness (QED) is 0.540. The molecule has 4 aromatic rings. The number of aliphatic hydroxyl groups excluding tert-OH is 1. The number of nitrogens with zero attached hydrogens (tertiary/aromatic N) is 2. The number of aliphatic hydroxyl groups is 1. The van der Waals surface area contributed by atoms with Crippen LogP contribution >= 0.6 is 0 Å². The van der Waals surface area contributed by atoms with Crippen molar-refractivity contribution in [3.8, 4) is 22.9 Å². The number of fused-ring (bicyclic) bond motifs is 1. The van der Waals surface area contributed by atoms with E-state index < -0.39 is 6.10 Å². The number of para-hydroxylation sites is 1. The van der Waals surface area contributed by atoms with Gasteiger partial charge in [-0.2, -0.15) is 5.26 Å². The van der Waals surface area contributed by atoms with E-state index in [1.165, 1.54) is 0 Å². The van der Waals surface area contributed by atoms with E-state index in [2.05, 4.69) is 6.07 Å². The summed E-state index contributed by atoms with van der Waals surface area (Å²) in [6.45, 7) is 0.614. The molecule has 4 heteroatoms. The Labute approximate surface area is 163 Å². The molecule has 0 saturated heterocycles. The minimum absolute atomic E-state index is 0.194. The molecule has 0 fully saturated rings. The van der Waals surface area contributed by atoms with Gasteiger partial charge >= 0.3 is 0 Å². The Bertz CT molecular complexity index is 1130. The highest BCUT2D eigenvalue weighted by Gasteiger charge is 2.11. The Kier molecular flexibility index (Phi) is 5.09. The summed E-state index contributed by atoms with van der Waals surface area (Å²) >= 11 is 0. The molecule has 1 N–H and O–H groups in total. The number of benzene rings is 3. The molecule has 138 valence electrons.